The van der Waals surface area contributed by atoms with Crippen LogP contribution in [0.2, 0.25) is 0 Å². The molecule has 118 valence electrons. The lowest BCUT2D eigenvalue weighted by Crippen LogP contribution is -2.26. The predicted octanol–water partition coefficient (Wildman–Crippen LogP) is 2.56. The molecule has 0 saturated heterocycles. The number of aryl methyl sites for hydroxylation is 2. The number of fused-ring (bicyclic) bond motifs is 1. The summed E-state index contributed by atoms with van der Waals surface area (Å²) >= 11 is 0. The van der Waals surface area contributed by atoms with Gasteiger partial charge in [-0.05, 0) is 43.2 Å². The molecule has 23 heavy (non-hydrogen) atoms. The highest BCUT2D eigenvalue weighted by Gasteiger charge is 2.17. The van der Waals surface area contributed by atoms with Gasteiger partial charge >= 0.3 is 0 Å². The molecule has 3 rings (SSSR count). The van der Waals surface area contributed by atoms with Crippen molar-refractivity contribution in [2.75, 3.05) is 11.9 Å². The maximum atomic E-state index is 12.3. The zero-order chi connectivity index (χ0) is 16.4. The van der Waals surface area contributed by atoms with Gasteiger partial charge in [0.2, 0.25) is 0 Å². The normalized spacial score (nSPS) is 12.9. The second kappa shape index (κ2) is 6.12. The molecule has 0 spiro atoms. The van der Waals surface area contributed by atoms with Gasteiger partial charge in [-0.15, -0.1) is 0 Å². The molecule has 0 radical (unpaired) electrons. The van der Waals surface area contributed by atoms with E-state index in [0.29, 0.717) is 23.5 Å². The average molecular weight is 310 g/mol. The van der Waals surface area contributed by atoms with Crippen LogP contribution in [0.1, 0.15) is 27.0 Å². The van der Waals surface area contributed by atoms with Crippen LogP contribution in [0.25, 0.3) is 0 Å². The van der Waals surface area contributed by atoms with Gasteiger partial charge in [-0.2, -0.15) is 0 Å². The summed E-state index contributed by atoms with van der Waals surface area (Å²) in [6.07, 6.45) is 0. The Bertz CT molecular complexity index is 784. The van der Waals surface area contributed by atoms with Gasteiger partial charge in [-0.1, -0.05) is 23.8 Å². The van der Waals surface area contributed by atoms with E-state index in [4.69, 9.17) is 4.74 Å². The highest BCUT2D eigenvalue weighted by Crippen LogP contribution is 2.28. The second-order valence-electron chi connectivity index (χ2n) is 5.66. The van der Waals surface area contributed by atoms with Crippen molar-refractivity contribution in [1.29, 1.82) is 0 Å². The summed E-state index contributed by atoms with van der Waals surface area (Å²) in [7, 11) is 0. The molecular formula is C18H18N2O3. The van der Waals surface area contributed by atoms with Crippen LogP contribution >= 0.6 is 0 Å². The molecular weight excluding hydrogens is 292 g/mol. The molecule has 2 aromatic rings. The minimum atomic E-state index is -0.190. The van der Waals surface area contributed by atoms with Gasteiger partial charge < -0.3 is 15.4 Å². The lowest BCUT2D eigenvalue weighted by molar-refractivity contribution is -0.118. The number of carbonyl (C=O) groups is 2. The van der Waals surface area contributed by atoms with E-state index in [0.717, 1.165) is 11.1 Å². The van der Waals surface area contributed by atoms with Crippen molar-refractivity contribution in [3.8, 4) is 5.75 Å². The molecule has 0 bridgehead atoms. The maximum Gasteiger partial charge on any atom is 0.262 e. The summed E-state index contributed by atoms with van der Waals surface area (Å²) in [5.41, 5.74) is 4.54. The molecule has 0 fully saturated rings. The lowest BCUT2D eigenvalue weighted by Gasteiger charge is -2.18. The van der Waals surface area contributed by atoms with Crippen molar-refractivity contribution in [2.24, 2.45) is 0 Å². The van der Waals surface area contributed by atoms with E-state index in [1.54, 1.807) is 18.2 Å². The fourth-order valence-electron chi connectivity index (χ4n) is 2.54. The molecule has 1 heterocycles. The summed E-state index contributed by atoms with van der Waals surface area (Å²) < 4.78 is 5.33. The molecule has 5 nitrogen and oxygen atoms in total. The minimum Gasteiger partial charge on any atom is -0.482 e. The number of amides is 2. The Balaban J connectivity index is 1.70. The van der Waals surface area contributed by atoms with E-state index < -0.39 is 0 Å². The van der Waals surface area contributed by atoms with Gasteiger partial charge in [0.1, 0.15) is 5.75 Å². The van der Waals surface area contributed by atoms with Crippen LogP contribution in [0.5, 0.6) is 5.75 Å². The van der Waals surface area contributed by atoms with E-state index in [1.807, 2.05) is 26.0 Å². The monoisotopic (exact) mass is 310 g/mol. The second-order valence-corrected chi connectivity index (χ2v) is 5.66. The van der Waals surface area contributed by atoms with E-state index in [-0.39, 0.29) is 18.4 Å². The maximum absolute atomic E-state index is 12.3. The van der Waals surface area contributed by atoms with Gasteiger partial charge in [-0.3, -0.25) is 9.59 Å². The molecule has 1 aliphatic rings. The van der Waals surface area contributed by atoms with Crippen molar-refractivity contribution in [2.45, 2.75) is 20.4 Å². The molecule has 0 unspecified atom stereocenters. The molecule has 2 aromatic carbocycles. The number of benzene rings is 2. The molecule has 0 aromatic heterocycles. The molecule has 1 aliphatic heterocycles. The number of anilines is 1. The van der Waals surface area contributed by atoms with Crippen LogP contribution in [0, 0.1) is 13.8 Å². The number of nitrogens with one attached hydrogen (secondary N) is 2. The van der Waals surface area contributed by atoms with Gasteiger partial charge in [0.05, 0.1) is 5.69 Å². The Kier molecular flexibility index (Phi) is 4.02. The summed E-state index contributed by atoms with van der Waals surface area (Å²) in [6, 6.07) is 11.1. The van der Waals surface area contributed by atoms with Crippen molar-refractivity contribution in [3.63, 3.8) is 0 Å². The Hall–Kier alpha value is -2.82. The third kappa shape index (κ3) is 3.34. The molecule has 0 atom stereocenters. The van der Waals surface area contributed by atoms with E-state index >= 15 is 0 Å². The first-order chi connectivity index (χ1) is 11.0. The number of hydrogen-bond acceptors (Lipinski definition) is 3. The van der Waals surface area contributed by atoms with Gasteiger partial charge in [0.25, 0.3) is 11.8 Å². The first kappa shape index (κ1) is 15.1. The molecule has 0 saturated carbocycles. The van der Waals surface area contributed by atoms with E-state index in [2.05, 4.69) is 16.7 Å². The summed E-state index contributed by atoms with van der Waals surface area (Å²) in [4.78, 5) is 23.5. The average Bonchev–Trinajstić information content (AvgIpc) is 2.53. The first-order valence-electron chi connectivity index (χ1n) is 7.44. The van der Waals surface area contributed by atoms with Crippen LogP contribution in [-0.4, -0.2) is 18.4 Å². The Morgan fingerprint density at radius 2 is 2.04 bits per heavy atom. The van der Waals surface area contributed by atoms with Crippen LogP contribution in [-0.2, 0) is 11.3 Å². The smallest absolute Gasteiger partial charge is 0.262 e. The molecule has 5 heteroatoms. The number of carbonyl (C=O) groups excluding carboxylic acids is 2. The molecule has 2 amide bonds. The van der Waals surface area contributed by atoms with Crippen molar-refractivity contribution < 1.29 is 14.3 Å². The van der Waals surface area contributed by atoms with Crippen LogP contribution in [0.4, 0.5) is 5.69 Å². The first-order valence-corrected chi connectivity index (χ1v) is 7.44. The number of hydrogen-bond donors (Lipinski definition) is 2. The van der Waals surface area contributed by atoms with Gasteiger partial charge in [0.15, 0.2) is 6.61 Å². The largest absolute Gasteiger partial charge is 0.482 e. The van der Waals surface area contributed by atoms with Crippen molar-refractivity contribution in [1.82, 2.24) is 5.32 Å². The van der Waals surface area contributed by atoms with Gasteiger partial charge in [0, 0.05) is 12.1 Å². The molecule has 2 N–H and O–H groups in total. The standard InChI is InChI=1S/C18H18N2O3/c1-11-3-4-14(12(2)7-11)9-19-18(22)13-5-6-15-16(8-13)23-10-17(21)20-15/h3-8H,9-10H2,1-2H3,(H,19,22)(H,20,21). The highest BCUT2D eigenvalue weighted by molar-refractivity contribution is 5.98. The Labute approximate surface area is 134 Å². The third-order valence-electron chi connectivity index (χ3n) is 3.81. The Morgan fingerprint density at radius 3 is 2.83 bits per heavy atom. The van der Waals surface area contributed by atoms with Gasteiger partial charge in [-0.25, -0.2) is 0 Å². The SMILES string of the molecule is Cc1ccc(CNC(=O)c2ccc3c(c2)OCC(=O)N3)c(C)c1. The lowest BCUT2D eigenvalue weighted by atomic mass is 10.1. The van der Waals surface area contributed by atoms with Crippen LogP contribution in [0.15, 0.2) is 36.4 Å². The topological polar surface area (TPSA) is 67.4 Å². The summed E-state index contributed by atoms with van der Waals surface area (Å²) in [5.74, 6) is 0.154. The Morgan fingerprint density at radius 1 is 1.22 bits per heavy atom. The fraction of sp³-hybridized carbons (Fsp3) is 0.222. The van der Waals surface area contributed by atoms with Crippen molar-refractivity contribution in [3.05, 3.63) is 58.7 Å². The summed E-state index contributed by atoms with van der Waals surface area (Å²) in [5, 5.41) is 5.61. The summed E-state index contributed by atoms with van der Waals surface area (Å²) in [6.45, 7) is 4.52. The number of rotatable bonds is 3. The molecule has 0 aliphatic carbocycles. The zero-order valence-corrected chi connectivity index (χ0v) is 13.1. The van der Waals surface area contributed by atoms with E-state index in [9.17, 15) is 9.59 Å². The third-order valence-corrected chi connectivity index (χ3v) is 3.81. The fourth-order valence-corrected chi connectivity index (χ4v) is 2.54. The minimum absolute atomic E-state index is 0.0271. The zero-order valence-electron chi connectivity index (χ0n) is 13.1. The highest BCUT2D eigenvalue weighted by atomic mass is 16.5. The van der Waals surface area contributed by atoms with E-state index in [1.165, 1.54) is 5.56 Å². The van der Waals surface area contributed by atoms with Crippen LogP contribution in [0.3, 0.4) is 0 Å². The van der Waals surface area contributed by atoms with Crippen molar-refractivity contribution >= 4 is 17.5 Å². The van der Waals surface area contributed by atoms with Crippen LogP contribution < -0.4 is 15.4 Å². The number of ether oxygens (including phenoxy) is 1. The predicted molar refractivity (Wildman–Crippen MR) is 87.7 cm³/mol. The quantitative estimate of drug-likeness (QED) is 0.915.